The molecule has 1 fully saturated rings. The number of carboxylic acid groups (broad SMARTS) is 1. The molecule has 37 heavy (non-hydrogen) atoms. The van der Waals surface area contributed by atoms with Gasteiger partial charge in [0.2, 0.25) is 10.0 Å². The van der Waals surface area contributed by atoms with E-state index in [1.165, 1.54) is 12.2 Å². The molecule has 1 aliphatic carbocycles. The second-order valence-electron chi connectivity index (χ2n) is 9.03. The van der Waals surface area contributed by atoms with E-state index in [2.05, 4.69) is 20.4 Å². The zero-order chi connectivity index (χ0) is 26.2. The van der Waals surface area contributed by atoms with Crippen LogP contribution in [0.25, 0.3) is 0 Å². The Morgan fingerprint density at radius 1 is 1.11 bits per heavy atom. The topological polar surface area (TPSA) is 119 Å². The van der Waals surface area contributed by atoms with Crippen LogP contribution in [0.1, 0.15) is 12.0 Å². The fourth-order valence-corrected chi connectivity index (χ4v) is 7.32. The Morgan fingerprint density at radius 3 is 2.51 bits per heavy atom. The van der Waals surface area contributed by atoms with Crippen molar-refractivity contribution in [1.82, 2.24) is 15.5 Å². The normalized spacial score (nSPS) is 19.8. The van der Waals surface area contributed by atoms with E-state index >= 15 is 0 Å². The molecule has 3 heterocycles. The van der Waals surface area contributed by atoms with Crippen LogP contribution >= 0.6 is 23.2 Å². The highest BCUT2D eigenvalue weighted by Crippen LogP contribution is 2.38. The van der Waals surface area contributed by atoms with Gasteiger partial charge in [0.25, 0.3) is 0 Å². The molecule has 2 aromatic rings. The lowest BCUT2D eigenvalue weighted by Crippen LogP contribution is -2.44. The minimum absolute atomic E-state index is 0.0253. The van der Waals surface area contributed by atoms with Gasteiger partial charge in [-0.05, 0) is 54.5 Å². The number of hydrogen-bond donors (Lipinski definition) is 2. The first kappa shape index (κ1) is 25.8. The number of nitrogens with zero attached hydrogens (tertiary/aromatic N) is 5. The second kappa shape index (κ2) is 10.5. The quantitative estimate of drug-likeness (QED) is 0.523. The van der Waals surface area contributed by atoms with Gasteiger partial charge in [0.1, 0.15) is 11.8 Å². The maximum atomic E-state index is 13.5. The van der Waals surface area contributed by atoms with E-state index in [9.17, 15) is 18.3 Å². The van der Waals surface area contributed by atoms with E-state index in [1.807, 2.05) is 17.0 Å². The Bertz CT molecular complexity index is 1360. The number of nitrogens with one attached hydrogen (secondary N) is 1. The fourth-order valence-electron chi connectivity index (χ4n) is 4.80. The van der Waals surface area contributed by atoms with Gasteiger partial charge in [-0.1, -0.05) is 23.2 Å². The van der Waals surface area contributed by atoms with Crippen LogP contribution in [0, 0.1) is 0 Å². The van der Waals surface area contributed by atoms with Crippen molar-refractivity contribution in [3.8, 4) is 0 Å². The number of aliphatic carboxylic acids is 1. The molecule has 1 atom stereocenters. The summed E-state index contributed by atoms with van der Waals surface area (Å²) in [4.78, 5) is 15.9. The first-order valence-electron chi connectivity index (χ1n) is 11.9. The number of sulfonamides is 1. The molecule has 0 bridgehead atoms. The third-order valence-corrected chi connectivity index (χ3v) is 9.13. The zero-order valence-corrected chi connectivity index (χ0v) is 22.2. The first-order chi connectivity index (χ1) is 17.7. The molecule has 0 radical (unpaired) electrons. The Kier molecular flexibility index (Phi) is 7.30. The predicted molar refractivity (Wildman–Crippen MR) is 144 cm³/mol. The summed E-state index contributed by atoms with van der Waals surface area (Å²) in [7, 11) is -4.12. The molecule has 1 aromatic carbocycles. The maximum Gasteiger partial charge on any atom is 0.324 e. The Hall–Kier alpha value is -2.86. The number of carboxylic acids is 1. The standard InChI is InChI=1S/C24H26Cl2N6O4S/c25-17-12-18(26)14-20(13-17)37(35,36)32(15-24(33)34)19-1-2-21-16(11-19)5-8-31(21)23-4-3-22(28-29-23)30-9-6-27-7-10-30/h1-4,11-13,20,27H,5-10,14-15H2,(H,33,34). The summed E-state index contributed by atoms with van der Waals surface area (Å²) >= 11 is 12.1. The van der Waals surface area contributed by atoms with E-state index in [4.69, 9.17) is 23.2 Å². The zero-order valence-electron chi connectivity index (χ0n) is 19.8. The van der Waals surface area contributed by atoms with Crippen LogP contribution < -0.4 is 19.4 Å². The number of benzene rings is 1. The SMILES string of the molecule is O=C(O)CN(c1ccc2c(c1)CCN2c1ccc(N2CCNCC2)nn1)S(=O)(=O)C1C=C(Cl)C=C(Cl)C1. The predicted octanol–water partition coefficient (Wildman–Crippen LogP) is 2.82. The van der Waals surface area contributed by atoms with Crippen molar-refractivity contribution in [2.24, 2.45) is 0 Å². The van der Waals surface area contributed by atoms with Crippen LogP contribution in [0.15, 0.2) is 52.5 Å². The maximum absolute atomic E-state index is 13.5. The van der Waals surface area contributed by atoms with E-state index < -0.39 is 27.8 Å². The number of carbonyl (C=O) groups is 1. The molecule has 196 valence electrons. The summed E-state index contributed by atoms with van der Waals surface area (Å²) in [5, 5.41) is 21.1. The monoisotopic (exact) mass is 564 g/mol. The summed E-state index contributed by atoms with van der Waals surface area (Å²) in [6.07, 6.45) is 3.54. The van der Waals surface area contributed by atoms with Crippen molar-refractivity contribution in [3.05, 3.63) is 58.1 Å². The smallest absolute Gasteiger partial charge is 0.324 e. The van der Waals surface area contributed by atoms with Crippen LogP contribution in [0.5, 0.6) is 0 Å². The number of allylic oxidation sites excluding steroid dienone is 3. The third kappa shape index (κ3) is 5.40. The number of fused-ring (bicyclic) bond motifs is 1. The van der Waals surface area contributed by atoms with E-state index in [0.717, 1.165) is 47.6 Å². The van der Waals surface area contributed by atoms with Gasteiger partial charge in [0.05, 0.1) is 5.69 Å². The summed E-state index contributed by atoms with van der Waals surface area (Å²) in [6.45, 7) is 3.51. The largest absolute Gasteiger partial charge is 0.480 e. The van der Waals surface area contributed by atoms with Gasteiger partial charge in [-0.2, -0.15) is 0 Å². The van der Waals surface area contributed by atoms with Crippen molar-refractivity contribution in [3.63, 3.8) is 0 Å². The highest BCUT2D eigenvalue weighted by Gasteiger charge is 2.35. The molecule has 2 aliphatic heterocycles. The number of piperazine rings is 1. The van der Waals surface area contributed by atoms with Gasteiger partial charge in [0, 0.05) is 54.9 Å². The minimum atomic E-state index is -4.12. The van der Waals surface area contributed by atoms with Crippen LogP contribution in [0.2, 0.25) is 0 Å². The van der Waals surface area contributed by atoms with Crippen molar-refractivity contribution in [2.75, 3.05) is 53.4 Å². The van der Waals surface area contributed by atoms with Crippen molar-refractivity contribution in [1.29, 1.82) is 0 Å². The molecule has 0 spiro atoms. The number of anilines is 4. The van der Waals surface area contributed by atoms with Gasteiger partial charge in [-0.3, -0.25) is 9.10 Å². The fraction of sp³-hybridized carbons (Fsp3) is 0.375. The third-order valence-electron chi connectivity index (χ3n) is 6.60. The van der Waals surface area contributed by atoms with Crippen LogP contribution in [-0.2, 0) is 21.2 Å². The molecular formula is C24H26Cl2N6O4S. The number of aromatic nitrogens is 2. The van der Waals surface area contributed by atoms with Gasteiger partial charge in [0.15, 0.2) is 11.6 Å². The lowest BCUT2D eigenvalue weighted by molar-refractivity contribution is -0.135. The molecule has 3 aliphatic rings. The van der Waals surface area contributed by atoms with Crippen LogP contribution in [0.3, 0.4) is 0 Å². The molecular weight excluding hydrogens is 539 g/mol. The van der Waals surface area contributed by atoms with E-state index in [0.29, 0.717) is 23.8 Å². The number of hydrogen-bond acceptors (Lipinski definition) is 8. The molecule has 10 nitrogen and oxygen atoms in total. The lowest BCUT2D eigenvalue weighted by Gasteiger charge is -2.29. The van der Waals surface area contributed by atoms with Gasteiger partial charge in [-0.25, -0.2) is 8.42 Å². The summed E-state index contributed by atoms with van der Waals surface area (Å²) in [5.74, 6) is 0.267. The van der Waals surface area contributed by atoms with Crippen molar-refractivity contribution in [2.45, 2.75) is 18.1 Å². The van der Waals surface area contributed by atoms with Crippen molar-refractivity contribution < 1.29 is 18.3 Å². The lowest BCUT2D eigenvalue weighted by atomic mass is 10.1. The molecule has 1 saturated heterocycles. The Morgan fingerprint density at radius 2 is 1.84 bits per heavy atom. The molecule has 1 unspecified atom stereocenters. The highest BCUT2D eigenvalue weighted by molar-refractivity contribution is 7.93. The second-order valence-corrected chi connectivity index (χ2v) is 12.0. The molecule has 13 heteroatoms. The minimum Gasteiger partial charge on any atom is -0.480 e. The van der Waals surface area contributed by atoms with E-state index in [1.54, 1.807) is 18.2 Å². The highest BCUT2D eigenvalue weighted by atomic mass is 35.5. The van der Waals surface area contributed by atoms with E-state index in [-0.39, 0.29) is 17.1 Å². The molecule has 5 rings (SSSR count). The molecule has 1 aromatic heterocycles. The first-order valence-corrected chi connectivity index (χ1v) is 14.1. The Labute approximate surface area is 225 Å². The number of halogens is 2. The summed E-state index contributed by atoms with van der Waals surface area (Å²) in [5.41, 5.74) is 2.05. The summed E-state index contributed by atoms with van der Waals surface area (Å²) < 4.78 is 27.9. The summed E-state index contributed by atoms with van der Waals surface area (Å²) in [6, 6.07) is 9.04. The van der Waals surface area contributed by atoms with Gasteiger partial charge >= 0.3 is 5.97 Å². The molecule has 2 N–H and O–H groups in total. The van der Waals surface area contributed by atoms with Crippen LogP contribution in [0.4, 0.5) is 23.0 Å². The van der Waals surface area contributed by atoms with Crippen molar-refractivity contribution >= 4 is 62.2 Å². The van der Waals surface area contributed by atoms with Gasteiger partial charge in [-0.15, -0.1) is 10.2 Å². The average Bonchev–Trinajstić information content (AvgIpc) is 3.30. The molecule has 0 amide bonds. The number of rotatable bonds is 7. The molecule has 0 saturated carbocycles. The van der Waals surface area contributed by atoms with Gasteiger partial charge < -0.3 is 20.2 Å². The average molecular weight is 565 g/mol. The Balaban J connectivity index is 1.40. The van der Waals surface area contributed by atoms with Crippen LogP contribution in [-0.4, -0.2) is 74.2 Å².